The monoisotopic (exact) mass is 418 g/mol. The summed E-state index contributed by atoms with van der Waals surface area (Å²) in [5.41, 5.74) is 1.33. The molecule has 1 aromatic heterocycles. The lowest BCUT2D eigenvalue weighted by atomic mass is 9.89. The normalized spacial score (nSPS) is 18.2. The minimum Gasteiger partial charge on any atom is -0.422 e. The quantitative estimate of drug-likeness (QED) is 0.647. The van der Waals surface area contributed by atoms with Crippen LogP contribution in [0.2, 0.25) is 0 Å². The first-order valence-corrected chi connectivity index (χ1v) is 10.4. The number of carbonyl (C=O) groups is 2. The first kappa shape index (κ1) is 19.5. The lowest BCUT2D eigenvalue weighted by Gasteiger charge is -2.43. The summed E-state index contributed by atoms with van der Waals surface area (Å²) in [6.07, 6.45) is 1.35. The van der Waals surface area contributed by atoms with E-state index >= 15 is 0 Å². The van der Waals surface area contributed by atoms with Gasteiger partial charge in [0.2, 0.25) is 5.91 Å². The fourth-order valence-electron chi connectivity index (χ4n) is 4.28. The summed E-state index contributed by atoms with van der Waals surface area (Å²) in [4.78, 5) is 38.8. The van der Waals surface area contributed by atoms with E-state index in [9.17, 15) is 14.4 Å². The van der Waals surface area contributed by atoms with E-state index in [1.165, 1.54) is 0 Å². The smallest absolute Gasteiger partial charge is 0.344 e. The molecule has 0 atom stereocenters. The van der Waals surface area contributed by atoms with Crippen LogP contribution in [0.4, 0.5) is 0 Å². The molecule has 2 saturated heterocycles. The summed E-state index contributed by atoms with van der Waals surface area (Å²) in [6, 6.07) is 16.2. The second-order valence-corrected chi connectivity index (χ2v) is 8.11. The highest BCUT2D eigenvalue weighted by Crippen LogP contribution is 2.29. The maximum atomic E-state index is 13.1. The molecule has 31 heavy (non-hydrogen) atoms. The number of nitrogens with one attached hydrogen (secondary N) is 1. The second-order valence-electron chi connectivity index (χ2n) is 8.11. The zero-order chi connectivity index (χ0) is 21.4. The Labute approximate surface area is 178 Å². The molecule has 7 nitrogen and oxygen atoms in total. The highest BCUT2D eigenvalue weighted by atomic mass is 16.5. The molecule has 0 aliphatic carbocycles. The van der Waals surface area contributed by atoms with Crippen molar-refractivity contribution in [2.24, 2.45) is 0 Å². The number of fused-ring (bicyclic) bond motifs is 1. The molecule has 0 radical (unpaired) electrons. The zero-order valence-corrected chi connectivity index (χ0v) is 16.9. The predicted molar refractivity (Wildman–Crippen MR) is 115 cm³/mol. The Kier molecular flexibility index (Phi) is 4.82. The van der Waals surface area contributed by atoms with E-state index in [0.717, 1.165) is 5.39 Å². The molecule has 1 N–H and O–H groups in total. The number of morpholine rings is 1. The number of para-hydroxylation sites is 1. The number of nitrogens with zero attached hydrogens (tertiary/aromatic N) is 1. The van der Waals surface area contributed by atoms with Crippen LogP contribution in [0, 0.1) is 0 Å². The molecule has 3 heterocycles. The summed E-state index contributed by atoms with van der Waals surface area (Å²) in [6.45, 7) is 1.67. The Morgan fingerprint density at radius 3 is 2.58 bits per heavy atom. The van der Waals surface area contributed by atoms with Crippen LogP contribution in [-0.2, 0) is 9.53 Å². The van der Waals surface area contributed by atoms with E-state index < -0.39 is 5.63 Å². The van der Waals surface area contributed by atoms with Crippen molar-refractivity contribution in [2.75, 3.05) is 26.2 Å². The fourth-order valence-corrected chi connectivity index (χ4v) is 4.28. The Balaban J connectivity index is 1.36. The fraction of sp³-hybridized carbons (Fsp3) is 0.292. The average molecular weight is 418 g/mol. The molecule has 2 aliphatic heterocycles. The van der Waals surface area contributed by atoms with Crippen LogP contribution in [0.15, 0.2) is 63.8 Å². The maximum Gasteiger partial charge on any atom is 0.344 e. The standard InChI is InChI=1S/C24H22N2O5/c27-21-14-30-24(15-25-21)8-10-26(11-9-24)22(28)18-6-3-5-16(12-18)19-13-17-4-1-2-7-20(17)31-23(19)29/h1-7,12-13H,8-11,14-15H2,(H,25,27). The Bertz CT molecular complexity index is 1210. The highest BCUT2D eigenvalue weighted by Gasteiger charge is 2.40. The van der Waals surface area contributed by atoms with Gasteiger partial charge in [-0.15, -0.1) is 0 Å². The van der Waals surface area contributed by atoms with Crippen LogP contribution >= 0.6 is 0 Å². The number of benzene rings is 2. The van der Waals surface area contributed by atoms with Gasteiger partial charge >= 0.3 is 5.63 Å². The van der Waals surface area contributed by atoms with Gasteiger partial charge in [-0.2, -0.15) is 0 Å². The third-order valence-electron chi connectivity index (χ3n) is 6.14. The summed E-state index contributed by atoms with van der Waals surface area (Å²) in [5.74, 6) is -0.180. The van der Waals surface area contributed by atoms with Crippen molar-refractivity contribution < 1.29 is 18.7 Å². The number of amides is 2. The van der Waals surface area contributed by atoms with Crippen LogP contribution in [0.5, 0.6) is 0 Å². The number of likely N-dealkylation sites (tertiary alicyclic amines) is 1. The number of hydrogen-bond donors (Lipinski definition) is 1. The molecular formula is C24H22N2O5. The molecule has 0 saturated carbocycles. The molecule has 7 heteroatoms. The van der Waals surface area contributed by atoms with Gasteiger partial charge in [0.15, 0.2) is 0 Å². The van der Waals surface area contributed by atoms with E-state index in [1.54, 1.807) is 35.2 Å². The third kappa shape index (κ3) is 3.72. The molecule has 2 aliphatic rings. The van der Waals surface area contributed by atoms with E-state index in [0.29, 0.717) is 54.7 Å². The van der Waals surface area contributed by atoms with Gasteiger partial charge in [-0.1, -0.05) is 30.3 Å². The number of hydrogen-bond acceptors (Lipinski definition) is 5. The molecule has 5 rings (SSSR count). The van der Waals surface area contributed by atoms with Crippen LogP contribution in [0.1, 0.15) is 23.2 Å². The average Bonchev–Trinajstić information content (AvgIpc) is 2.81. The van der Waals surface area contributed by atoms with Crippen molar-refractivity contribution in [3.8, 4) is 11.1 Å². The van der Waals surface area contributed by atoms with Crippen molar-refractivity contribution in [2.45, 2.75) is 18.4 Å². The first-order chi connectivity index (χ1) is 15.0. The van der Waals surface area contributed by atoms with Gasteiger partial charge in [-0.25, -0.2) is 4.79 Å². The van der Waals surface area contributed by atoms with E-state index in [1.807, 2.05) is 24.3 Å². The Morgan fingerprint density at radius 2 is 1.81 bits per heavy atom. The predicted octanol–water partition coefficient (Wildman–Crippen LogP) is 2.58. The summed E-state index contributed by atoms with van der Waals surface area (Å²) in [5, 5.41) is 3.68. The van der Waals surface area contributed by atoms with Crippen molar-refractivity contribution in [3.63, 3.8) is 0 Å². The van der Waals surface area contributed by atoms with Crippen LogP contribution < -0.4 is 10.9 Å². The van der Waals surface area contributed by atoms with Gasteiger partial charge in [0.1, 0.15) is 12.2 Å². The highest BCUT2D eigenvalue weighted by molar-refractivity contribution is 5.96. The van der Waals surface area contributed by atoms with Gasteiger partial charge in [0.05, 0.1) is 11.2 Å². The van der Waals surface area contributed by atoms with Crippen molar-refractivity contribution in [1.29, 1.82) is 0 Å². The van der Waals surface area contributed by atoms with Crippen LogP contribution in [0.3, 0.4) is 0 Å². The minimum absolute atomic E-state index is 0.0737. The third-order valence-corrected chi connectivity index (χ3v) is 6.14. The van der Waals surface area contributed by atoms with Gasteiger partial charge in [0.25, 0.3) is 5.91 Å². The number of piperidine rings is 1. The lowest BCUT2D eigenvalue weighted by molar-refractivity contribution is -0.149. The van der Waals surface area contributed by atoms with Gasteiger partial charge in [-0.05, 0) is 42.7 Å². The molecule has 0 bridgehead atoms. The first-order valence-electron chi connectivity index (χ1n) is 10.4. The number of rotatable bonds is 2. The van der Waals surface area contributed by atoms with E-state index in [4.69, 9.17) is 9.15 Å². The zero-order valence-electron chi connectivity index (χ0n) is 16.9. The topological polar surface area (TPSA) is 88.8 Å². The molecule has 2 fully saturated rings. The molecular weight excluding hydrogens is 396 g/mol. The lowest BCUT2D eigenvalue weighted by Crippen LogP contribution is -2.58. The molecule has 2 amide bonds. The largest absolute Gasteiger partial charge is 0.422 e. The molecule has 3 aromatic rings. The SMILES string of the molecule is O=C1COC2(CCN(C(=O)c3cccc(-c4cc5ccccc5oc4=O)c3)CC2)CN1. The Morgan fingerprint density at radius 1 is 1.00 bits per heavy atom. The molecule has 0 unspecified atom stereocenters. The maximum absolute atomic E-state index is 13.1. The summed E-state index contributed by atoms with van der Waals surface area (Å²) in [7, 11) is 0. The summed E-state index contributed by atoms with van der Waals surface area (Å²) >= 11 is 0. The second kappa shape index (κ2) is 7.67. The van der Waals surface area contributed by atoms with Gasteiger partial charge in [0, 0.05) is 30.6 Å². The van der Waals surface area contributed by atoms with Crippen molar-refractivity contribution >= 4 is 22.8 Å². The van der Waals surface area contributed by atoms with E-state index in [-0.39, 0.29) is 24.0 Å². The van der Waals surface area contributed by atoms with Crippen molar-refractivity contribution in [1.82, 2.24) is 10.2 Å². The number of ether oxygens (including phenoxy) is 1. The Hall–Kier alpha value is -3.45. The minimum atomic E-state index is -0.431. The molecule has 158 valence electrons. The van der Waals surface area contributed by atoms with Crippen molar-refractivity contribution in [3.05, 3.63) is 70.6 Å². The van der Waals surface area contributed by atoms with Gasteiger partial charge < -0.3 is 19.4 Å². The van der Waals surface area contributed by atoms with Crippen LogP contribution in [0.25, 0.3) is 22.1 Å². The summed E-state index contributed by atoms with van der Waals surface area (Å²) < 4.78 is 11.2. The molecule has 1 spiro atoms. The molecule has 2 aromatic carbocycles. The number of carbonyl (C=O) groups excluding carboxylic acids is 2. The van der Waals surface area contributed by atoms with Crippen LogP contribution in [-0.4, -0.2) is 48.6 Å². The van der Waals surface area contributed by atoms with Gasteiger partial charge in [-0.3, -0.25) is 9.59 Å². The van der Waals surface area contributed by atoms with E-state index in [2.05, 4.69) is 5.32 Å².